The molecule has 11 heteroatoms. The third kappa shape index (κ3) is 8.65. The van der Waals surface area contributed by atoms with Gasteiger partial charge in [0.15, 0.2) is 0 Å². The van der Waals surface area contributed by atoms with E-state index in [0.717, 1.165) is 0 Å². The molecule has 0 aromatic carbocycles. The van der Waals surface area contributed by atoms with Gasteiger partial charge < -0.3 is 31.9 Å². The van der Waals surface area contributed by atoms with Crippen molar-refractivity contribution in [3.63, 3.8) is 0 Å². The van der Waals surface area contributed by atoms with Crippen LogP contribution in [0.3, 0.4) is 0 Å². The average molecular weight is 360 g/mol. The zero-order valence-corrected chi connectivity index (χ0v) is 14.2. The molecule has 0 fully saturated rings. The topological polar surface area (TPSA) is 188 Å². The first-order valence-corrected chi connectivity index (χ1v) is 7.53. The first kappa shape index (κ1) is 22.3. The van der Waals surface area contributed by atoms with E-state index in [0.29, 0.717) is 0 Å². The largest absolute Gasteiger partial charge is 0.481 e. The van der Waals surface area contributed by atoms with Crippen molar-refractivity contribution in [3.05, 3.63) is 0 Å². The Kier molecular flexibility index (Phi) is 9.13. The molecule has 3 unspecified atom stereocenters. The summed E-state index contributed by atoms with van der Waals surface area (Å²) < 4.78 is 0. The van der Waals surface area contributed by atoms with E-state index in [1.807, 2.05) is 0 Å². The second kappa shape index (κ2) is 10.2. The van der Waals surface area contributed by atoms with E-state index in [-0.39, 0.29) is 5.92 Å². The van der Waals surface area contributed by atoms with Crippen molar-refractivity contribution < 1.29 is 34.2 Å². The lowest BCUT2D eigenvalue weighted by molar-refractivity contribution is -0.143. The van der Waals surface area contributed by atoms with Crippen molar-refractivity contribution >= 4 is 29.7 Å². The summed E-state index contributed by atoms with van der Waals surface area (Å²) in [6, 6.07) is -3.56. The number of nitrogens with two attached hydrogens (primary N) is 1. The van der Waals surface area contributed by atoms with E-state index in [4.69, 9.17) is 15.9 Å². The highest BCUT2D eigenvalue weighted by molar-refractivity contribution is 5.94. The highest BCUT2D eigenvalue weighted by atomic mass is 16.4. The number of hydrogen-bond donors (Lipinski definition) is 6. The van der Waals surface area contributed by atoms with Crippen LogP contribution < -0.4 is 21.7 Å². The first-order chi connectivity index (χ1) is 11.5. The van der Waals surface area contributed by atoms with Gasteiger partial charge in [-0.05, 0) is 12.8 Å². The van der Waals surface area contributed by atoms with Crippen LogP contribution in [0.1, 0.15) is 27.2 Å². The maximum absolute atomic E-state index is 11.9. The fraction of sp³-hybridized carbons (Fsp3) is 0.643. The van der Waals surface area contributed by atoms with Crippen molar-refractivity contribution in [1.82, 2.24) is 16.0 Å². The SMILES string of the molecule is CC(NC(=O)C(CC(=O)O)NC(=O)CNC(=O)C(N)C(C)C)C(=O)O. The molecule has 0 rings (SSSR count). The molecule has 0 aromatic heterocycles. The van der Waals surface area contributed by atoms with Crippen LogP contribution in [0.5, 0.6) is 0 Å². The zero-order valence-electron chi connectivity index (χ0n) is 14.2. The second-order valence-electron chi connectivity index (χ2n) is 5.77. The Morgan fingerprint density at radius 2 is 1.52 bits per heavy atom. The maximum atomic E-state index is 11.9. The Hall–Kier alpha value is -2.69. The maximum Gasteiger partial charge on any atom is 0.325 e. The molecule has 0 aliphatic rings. The van der Waals surface area contributed by atoms with Crippen molar-refractivity contribution in [2.24, 2.45) is 11.7 Å². The molecule has 0 aliphatic carbocycles. The van der Waals surface area contributed by atoms with Gasteiger partial charge in [0.2, 0.25) is 17.7 Å². The van der Waals surface area contributed by atoms with Gasteiger partial charge in [-0.1, -0.05) is 13.8 Å². The standard InChI is InChI=1S/C14H24N4O7/c1-6(2)11(15)13(23)16-5-9(19)18-8(4-10(20)21)12(22)17-7(3)14(24)25/h6-8,11H,4-5,15H2,1-3H3,(H,16,23)(H,17,22)(H,18,19)(H,20,21)(H,24,25). The fourth-order valence-electron chi connectivity index (χ4n) is 1.59. The van der Waals surface area contributed by atoms with Crippen LogP contribution in [0, 0.1) is 5.92 Å². The lowest BCUT2D eigenvalue weighted by atomic mass is 10.1. The molecule has 0 aromatic rings. The van der Waals surface area contributed by atoms with Crippen LogP contribution in [0.25, 0.3) is 0 Å². The number of aliphatic carboxylic acids is 2. The van der Waals surface area contributed by atoms with Crippen LogP contribution in [0.4, 0.5) is 0 Å². The number of hydrogen-bond acceptors (Lipinski definition) is 6. The Morgan fingerprint density at radius 1 is 0.960 bits per heavy atom. The number of carboxylic acids is 2. The summed E-state index contributed by atoms with van der Waals surface area (Å²) in [6.45, 7) is 4.13. The predicted octanol–water partition coefficient (Wildman–Crippen LogP) is -2.37. The Labute approximate surface area is 144 Å². The van der Waals surface area contributed by atoms with Crippen molar-refractivity contribution in [3.8, 4) is 0 Å². The number of carbonyl (C=O) groups excluding carboxylic acids is 3. The summed E-state index contributed by atoms with van der Waals surface area (Å²) in [4.78, 5) is 56.9. The van der Waals surface area contributed by atoms with Gasteiger partial charge in [-0.3, -0.25) is 24.0 Å². The van der Waals surface area contributed by atoms with Gasteiger partial charge in [-0.2, -0.15) is 0 Å². The van der Waals surface area contributed by atoms with E-state index in [1.165, 1.54) is 6.92 Å². The molecular weight excluding hydrogens is 336 g/mol. The molecular formula is C14H24N4O7. The second-order valence-corrected chi connectivity index (χ2v) is 5.77. The fourth-order valence-corrected chi connectivity index (χ4v) is 1.59. The molecule has 25 heavy (non-hydrogen) atoms. The zero-order chi connectivity index (χ0) is 19.7. The van der Waals surface area contributed by atoms with Gasteiger partial charge in [0.1, 0.15) is 12.1 Å². The number of amides is 3. The van der Waals surface area contributed by atoms with Crippen LogP contribution in [0.15, 0.2) is 0 Å². The van der Waals surface area contributed by atoms with Crippen LogP contribution >= 0.6 is 0 Å². The number of rotatable bonds is 10. The van der Waals surface area contributed by atoms with Gasteiger partial charge in [0.25, 0.3) is 0 Å². The van der Waals surface area contributed by atoms with Crippen LogP contribution in [-0.2, 0) is 24.0 Å². The van der Waals surface area contributed by atoms with Gasteiger partial charge in [0.05, 0.1) is 19.0 Å². The number of carboxylic acid groups (broad SMARTS) is 2. The van der Waals surface area contributed by atoms with Gasteiger partial charge in [-0.15, -0.1) is 0 Å². The van der Waals surface area contributed by atoms with E-state index >= 15 is 0 Å². The smallest absolute Gasteiger partial charge is 0.325 e. The molecule has 0 heterocycles. The van der Waals surface area contributed by atoms with Crippen LogP contribution in [-0.4, -0.2) is 64.5 Å². The van der Waals surface area contributed by atoms with E-state index < -0.39 is 60.8 Å². The predicted molar refractivity (Wildman–Crippen MR) is 85.2 cm³/mol. The minimum atomic E-state index is -1.48. The minimum absolute atomic E-state index is 0.147. The first-order valence-electron chi connectivity index (χ1n) is 7.53. The highest BCUT2D eigenvalue weighted by Gasteiger charge is 2.26. The lowest BCUT2D eigenvalue weighted by Gasteiger charge is -2.19. The van der Waals surface area contributed by atoms with Gasteiger partial charge in [-0.25, -0.2) is 0 Å². The molecule has 142 valence electrons. The molecule has 0 saturated carbocycles. The van der Waals surface area contributed by atoms with Gasteiger partial charge >= 0.3 is 11.9 Å². The molecule has 0 aliphatic heterocycles. The normalized spacial score (nSPS) is 14.1. The number of carbonyl (C=O) groups is 5. The summed E-state index contributed by atoms with van der Waals surface area (Å²) >= 11 is 0. The third-order valence-electron chi connectivity index (χ3n) is 3.20. The van der Waals surface area contributed by atoms with E-state index in [9.17, 15) is 24.0 Å². The Bertz CT molecular complexity index is 535. The third-order valence-corrected chi connectivity index (χ3v) is 3.20. The summed E-state index contributed by atoms with van der Waals surface area (Å²) in [6.07, 6.45) is -0.747. The molecule has 0 spiro atoms. The van der Waals surface area contributed by atoms with Gasteiger partial charge in [0, 0.05) is 0 Å². The summed E-state index contributed by atoms with van der Waals surface area (Å²) in [5, 5.41) is 24.0. The monoisotopic (exact) mass is 360 g/mol. The Balaban J connectivity index is 4.72. The molecule has 11 nitrogen and oxygen atoms in total. The summed E-state index contributed by atoms with van der Waals surface area (Å²) in [7, 11) is 0. The van der Waals surface area contributed by atoms with Crippen molar-refractivity contribution in [1.29, 1.82) is 0 Å². The van der Waals surface area contributed by atoms with E-state index in [2.05, 4.69) is 16.0 Å². The summed E-state index contributed by atoms with van der Waals surface area (Å²) in [5.74, 6) is -5.17. The molecule has 0 saturated heterocycles. The van der Waals surface area contributed by atoms with Crippen molar-refractivity contribution in [2.75, 3.05) is 6.54 Å². The lowest BCUT2D eigenvalue weighted by Crippen LogP contribution is -2.54. The summed E-state index contributed by atoms with van der Waals surface area (Å²) in [5.41, 5.74) is 5.60. The molecule has 3 atom stereocenters. The molecule has 0 radical (unpaired) electrons. The van der Waals surface area contributed by atoms with E-state index in [1.54, 1.807) is 13.8 Å². The molecule has 0 bridgehead atoms. The molecule has 3 amide bonds. The Morgan fingerprint density at radius 3 is 1.96 bits per heavy atom. The average Bonchev–Trinajstić information content (AvgIpc) is 2.50. The number of nitrogens with one attached hydrogen (secondary N) is 3. The molecule has 7 N–H and O–H groups in total. The quantitative estimate of drug-likeness (QED) is 0.249. The minimum Gasteiger partial charge on any atom is -0.481 e. The van der Waals surface area contributed by atoms with Crippen LogP contribution in [0.2, 0.25) is 0 Å². The van der Waals surface area contributed by atoms with Crippen molar-refractivity contribution in [2.45, 2.75) is 45.3 Å². The highest BCUT2D eigenvalue weighted by Crippen LogP contribution is 1.98.